The van der Waals surface area contributed by atoms with Crippen molar-refractivity contribution in [3.8, 4) is 0 Å². The number of benzene rings is 1. The molecule has 2 aromatic rings. The third kappa shape index (κ3) is 5.94. The number of amides is 1. The molecule has 1 fully saturated rings. The van der Waals surface area contributed by atoms with E-state index in [0.717, 1.165) is 5.56 Å². The molecule has 0 atom stereocenters. The molecule has 1 aliphatic heterocycles. The van der Waals surface area contributed by atoms with E-state index in [-0.39, 0.29) is 19.8 Å². The second kappa shape index (κ2) is 9.64. The number of carbonyl (C=O) groups is 1. The number of nitrogens with one attached hydrogen (secondary N) is 1. The maximum Gasteiger partial charge on any atom is 0.492 e. The number of aliphatic hydroxyl groups is 1. The maximum absolute atomic E-state index is 12.3. The number of carbonyl (C=O) groups excluding carboxylic acids is 1. The Morgan fingerprint density at radius 2 is 1.77 bits per heavy atom. The van der Waals surface area contributed by atoms with Crippen LogP contribution in [0.2, 0.25) is 0 Å². The van der Waals surface area contributed by atoms with Crippen molar-refractivity contribution in [2.24, 2.45) is 0 Å². The zero-order valence-electron chi connectivity index (χ0n) is 18.4. The Balaban J connectivity index is 1.73. The van der Waals surface area contributed by atoms with Crippen molar-refractivity contribution in [2.45, 2.75) is 52.1 Å². The van der Waals surface area contributed by atoms with E-state index in [1.165, 1.54) is 0 Å². The smallest absolute Gasteiger partial charge is 0.445 e. The third-order valence-corrected chi connectivity index (χ3v) is 5.53. The molecule has 1 aromatic heterocycles. The highest BCUT2D eigenvalue weighted by Crippen LogP contribution is 2.38. The Kier molecular flexibility index (Phi) is 7.15. The van der Waals surface area contributed by atoms with Gasteiger partial charge in [-0.1, -0.05) is 36.4 Å². The molecule has 7 nitrogen and oxygen atoms in total. The zero-order chi connectivity index (χ0) is 22.5. The van der Waals surface area contributed by atoms with Crippen LogP contribution in [0.3, 0.4) is 0 Å². The van der Waals surface area contributed by atoms with Crippen LogP contribution in [0.25, 0.3) is 6.08 Å². The van der Waals surface area contributed by atoms with Crippen LogP contribution >= 0.6 is 0 Å². The number of aliphatic hydroxyl groups excluding tert-OH is 1. The van der Waals surface area contributed by atoms with Gasteiger partial charge < -0.3 is 24.5 Å². The number of rotatable bonds is 7. The van der Waals surface area contributed by atoms with Crippen molar-refractivity contribution >= 4 is 19.3 Å². The molecule has 0 spiro atoms. The first-order valence-electron chi connectivity index (χ1n) is 10.3. The maximum atomic E-state index is 12.3. The fourth-order valence-corrected chi connectivity index (χ4v) is 3.00. The quantitative estimate of drug-likeness (QED) is 0.662. The van der Waals surface area contributed by atoms with Crippen molar-refractivity contribution in [1.82, 2.24) is 10.3 Å². The molecular formula is C23H29BN2O5. The van der Waals surface area contributed by atoms with E-state index >= 15 is 0 Å². The van der Waals surface area contributed by atoms with Gasteiger partial charge in [-0.25, -0.2) is 4.79 Å². The lowest BCUT2D eigenvalue weighted by atomic mass is 9.77. The summed E-state index contributed by atoms with van der Waals surface area (Å²) in [6.07, 6.45) is 1.27. The van der Waals surface area contributed by atoms with Crippen LogP contribution < -0.4 is 5.32 Å². The van der Waals surface area contributed by atoms with E-state index in [1.54, 1.807) is 12.1 Å². The van der Waals surface area contributed by atoms with E-state index in [1.807, 2.05) is 70.2 Å². The Morgan fingerprint density at radius 3 is 2.42 bits per heavy atom. The van der Waals surface area contributed by atoms with Gasteiger partial charge in [0, 0.05) is 6.54 Å². The molecule has 0 unspecified atom stereocenters. The fraction of sp³-hybridized carbons (Fsp3) is 0.391. The van der Waals surface area contributed by atoms with Gasteiger partial charge in [-0.3, -0.25) is 4.98 Å². The molecule has 2 heterocycles. The van der Waals surface area contributed by atoms with Gasteiger partial charge >= 0.3 is 13.2 Å². The highest BCUT2D eigenvalue weighted by atomic mass is 16.7. The lowest BCUT2D eigenvalue weighted by Gasteiger charge is -2.32. The van der Waals surface area contributed by atoms with Gasteiger partial charge in [-0.15, -0.1) is 0 Å². The normalized spacial score (nSPS) is 17.5. The average molecular weight is 424 g/mol. The van der Waals surface area contributed by atoms with E-state index in [9.17, 15) is 9.90 Å². The van der Waals surface area contributed by atoms with Crippen LogP contribution in [0.15, 0.2) is 54.0 Å². The third-order valence-electron chi connectivity index (χ3n) is 5.53. The number of hydrogen-bond acceptors (Lipinski definition) is 6. The number of hydrogen-bond donors (Lipinski definition) is 2. The molecule has 0 radical (unpaired) electrons. The highest BCUT2D eigenvalue weighted by molar-refractivity contribution is 6.56. The van der Waals surface area contributed by atoms with E-state index in [2.05, 4.69) is 10.3 Å². The predicted octanol–water partition coefficient (Wildman–Crippen LogP) is 3.52. The van der Waals surface area contributed by atoms with Crippen molar-refractivity contribution in [3.05, 3.63) is 71.0 Å². The molecular weight excluding hydrogens is 395 g/mol. The van der Waals surface area contributed by atoms with Gasteiger partial charge in [0.25, 0.3) is 0 Å². The molecule has 8 heteroatoms. The standard InChI is InChI=1S/C23H29BN2O5/c1-22(2)23(3,4)31-24(30-22)18(13-19-11-8-12-20(15-27)26-19)14-25-21(28)29-16-17-9-6-5-7-10-17/h5-13,27H,14-16H2,1-4H3,(H,25,28). The minimum atomic E-state index is -0.654. The van der Waals surface area contributed by atoms with E-state index < -0.39 is 24.4 Å². The fourth-order valence-electron chi connectivity index (χ4n) is 3.00. The van der Waals surface area contributed by atoms with Crippen LogP contribution in [0.5, 0.6) is 0 Å². The molecule has 1 amide bonds. The summed E-state index contributed by atoms with van der Waals surface area (Å²) in [7, 11) is -0.654. The van der Waals surface area contributed by atoms with Gasteiger partial charge in [0.05, 0.1) is 29.2 Å². The van der Waals surface area contributed by atoms with Crippen LogP contribution in [0.1, 0.15) is 44.6 Å². The van der Waals surface area contributed by atoms with Crippen LogP contribution in [-0.4, -0.2) is 41.0 Å². The van der Waals surface area contributed by atoms with E-state index in [0.29, 0.717) is 16.9 Å². The zero-order valence-corrected chi connectivity index (χ0v) is 18.4. The Labute approximate surface area is 183 Å². The molecule has 0 aliphatic carbocycles. The van der Waals surface area contributed by atoms with Crippen LogP contribution in [0, 0.1) is 0 Å². The van der Waals surface area contributed by atoms with E-state index in [4.69, 9.17) is 14.0 Å². The van der Waals surface area contributed by atoms with Crippen molar-refractivity contribution in [3.63, 3.8) is 0 Å². The predicted molar refractivity (Wildman–Crippen MR) is 119 cm³/mol. The molecule has 1 aromatic carbocycles. The Bertz CT molecular complexity index is 915. The lowest BCUT2D eigenvalue weighted by molar-refractivity contribution is 0.00578. The minimum Gasteiger partial charge on any atom is -0.445 e. The summed E-state index contributed by atoms with van der Waals surface area (Å²) in [6.45, 7) is 8.07. The Morgan fingerprint density at radius 1 is 1.10 bits per heavy atom. The highest BCUT2D eigenvalue weighted by Gasteiger charge is 2.52. The monoisotopic (exact) mass is 424 g/mol. The Hall–Kier alpha value is -2.68. The summed E-state index contributed by atoms with van der Waals surface area (Å²) in [5.41, 5.74) is 1.74. The lowest BCUT2D eigenvalue weighted by Crippen LogP contribution is -2.41. The largest absolute Gasteiger partial charge is 0.492 e. The van der Waals surface area contributed by atoms with Gasteiger partial charge in [0.15, 0.2) is 0 Å². The topological polar surface area (TPSA) is 89.9 Å². The second-order valence-corrected chi connectivity index (χ2v) is 8.43. The average Bonchev–Trinajstić information content (AvgIpc) is 2.97. The molecule has 1 aliphatic rings. The molecule has 1 saturated heterocycles. The molecule has 31 heavy (non-hydrogen) atoms. The number of alkyl carbamates (subject to hydrolysis) is 1. The molecule has 0 bridgehead atoms. The number of aromatic nitrogens is 1. The summed E-state index contributed by atoms with van der Waals surface area (Å²) in [5.74, 6) is 0. The summed E-state index contributed by atoms with van der Waals surface area (Å²) in [4.78, 5) is 16.6. The second-order valence-electron chi connectivity index (χ2n) is 8.43. The van der Waals surface area contributed by atoms with Crippen LogP contribution in [-0.2, 0) is 27.3 Å². The SMILES string of the molecule is CC1(C)OB(C(=Cc2cccc(CO)n2)CNC(=O)OCc2ccccc2)OC1(C)C. The summed E-state index contributed by atoms with van der Waals surface area (Å²) in [6, 6.07) is 14.8. The summed E-state index contributed by atoms with van der Waals surface area (Å²) < 4.78 is 17.6. The van der Waals surface area contributed by atoms with Gasteiger partial charge in [0.1, 0.15) is 6.61 Å². The molecule has 2 N–H and O–H groups in total. The number of nitrogens with zero attached hydrogens (tertiary/aromatic N) is 1. The molecule has 164 valence electrons. The number of pyridine rings is 1. The number of ether oxygens (including phenoxy) is 1. The van der Waals surface area contributed by atoms with Gasteiger partial charge in [-0.05, 0) is 56.9 Å². The minimum absolute atomic E-state index is 0.155. The van der Waals surface area contributed by atoms with Crippen molar-refractivity contribution < 1.29 is 23.9 Å². The van der Waals surface area contributed by atoms with Gasteiger partial charge in [0.2, 0.25) is 0 Å². The van der Waals surface area contributed by atoms with Crippen molar-refractivity contribution in [1.29, 1.82) is 0 Å². The summed E-state index contributed by atoms with van der Waals surface area (Å²) in [5, 5.41) is 12.1. The summed E-state index contributed by atoms with van der Waals surface area (Å²) >= 11 is 0. The first-order chi connectivity index (χ1) is 14.7. The van der Waals surface area contributed by atoms with Gasteiger partial charge in [-0.2, -0.15) is 0 Å². The first-order valence-corrected chi connectivity index (χ1v) is 10.3. The van der Waals surface area contributed by atoms with Crippen molar-refractivity contribution in [2.75, 3.05) is 6.54 Å². The molecule has 3 rings (SSSR count). The molecule has 0 saturated carbocycles. The van der Waals surface area contributed by atoms with Crippen LogP contribution in [0.4, 0.5) is 4.79 Å². The first kappa shape index (κ1) is 23.0.